The fourth-order valence-electron chi connectivity index (χ4n) is 2.42. The molecular weight excluding hydrogens is 279 g/mol. The molecule has 2 aromatic rings. The highest BCUT2D eigenvalue weighted by molar-refractivity contribution is 5.46. The average Bonchev–Trinajstić information content (AvgIpc) is 3.37. The van der Waals surface area contributed by atoms with Crippen molar-refractivity contribution in [1.82, 2.24) is 9.97 Å². The van der Waals surface area contributed by atoms with Gasteiger partial charge in [0.15, 0.2) is 0 Å². The Hall–Kier alpha value is -2.17. The maximum Gasteiger partial charge on any atom is 0.146 e. The fourth-order valence-corrected chi connectivity index (χ4v) is 2.42. The van der Waals surface area contributed by atoms with Crippen LogP contribution in [0.2, 0.25) is 0 Å². The van der Waals surface area contributed by atoms with Gasteiger partial charge in [0.1, 0.15) is 17.5 Å². The van der Waals surface area contributed by atoms with E-state index in [0.717, 1.165) is 31.2 Å². The van der Waals surface area contributed by atoms with Crippen molar-refractivity contribution in [3.8, 4) is 0 Å². The lowest BCUT2D eigenvalue weighted by molar-refractivity contribution is 0.621. The van der Waals surface area contributed by atoms with Gasteiger partial charge in [0.25, 0.3) is 0 Å². The van der Waals surface area contributed by atoms with Crippen LogP contribution in [0, 0.1) is 5.82 Å². The summed E-state index contributed by atoms with van der Waals surface area (Å²) in [6.45, 7) is 1.59. The highest BCUT2D eigenvalue weighted by Gasteiger charge is 2.26. The van der Waals surface area contributed by atoms with Crippen molar-refractivity contribution in [2.75, 3.05) is 30.4 Å². The third-order valence-electron chi connectivity index (χ3n) is 3.86. The molecule has 0 spiro atoms. The van der Waals surface area contributed by atoms with Gasteiger partial charge in [0.05, 0.1) is 5.69 Å². The molecule has 5 heteroatoms. The molecule has 0 atom stereocenters. The van der Waals surface area contributed by atoms with Crippen LogP contribution >= 0.6 is 0 Å². The minimum Gasteiger partial charge on any atom is -0.372 e. The van der Waals surface area contributed by atoms with Gasteiger partial charge in [-0.2, -0.15) is 0 Å². The molecule has 1 aromatic carbocycles. The number of rotatable bonds is 7. The van der Waals surface area contributed by atoms with Crippen LogP contribution in [0.25, 0.3) is 0 Å². The van der Waals surface area contributed by atoms with Gasteiger partial charge in [-0.15, -0.1) is 0 Å². The summed E-state index contributed by atoms with van der Waals surface area (Å²) >= 11 is 0. The van der Waals surface area contributed by atoms with E-state index in [1.165, 1.54) is 18.9 Å². The summed E-state index contributed by atoms with van der Waals surface area (Å²) in [6.07, 6.45) is 5.13. The van der Waals surface area contributed by atoms with Gasteiger partial charge < -0.3 is 10.2 Å². The van der Waals surface area contributed by atoms with Crippen LogP contribution in [0.1, 0.15) is 31.0 Å². The predicted octanol–water partition coefficient (Wildman–Crippen LogP) is 3.43. The lowest BCUT2D eigenvalue weighted by atomic mass is 10.2. The summed E-state index contributed by atoms with van der Waals surface area (Å²) in [5.41, 5.74) is 0.639. The molecule has 0 unspecified atom stereocenters. The van der Waals surface area contributed by atoms with E-state index >= 15 is 0 Å². The Kier molecular flexibility index (Phi) is 4.51. The van der Waals surface area contributed by atoms with E-state index in [1.807, 2.05) is 30.3 Å². The standard InChI is InChI=1S/C17H21FN4/c1-22(15-6-3-2-5-14(15)18)12-4-10-19-16-9-11-20-17(21-16)13-7-8-13/h2-3,5-6,9,11,13H,4,7-8,10,12H2,1H3,(H,19,20,21). The van der Waals surface area contributed by atoms with E-state index in [2.05, 4.69) is 15.3 Å². The Morgan fingerprint density at radius 3 is 2.86 bits per heavy atom. The maximum absolute atomic E-state index is 13.7. The van der Waals surface area contributed by atoms with Gasteiger partial charge in [-0.05, 0) is 37.5 Å². The number of anilines is 2. The molecule has 0 amide bonds. The fraction of sp³-hybridized carbons (Fsp3) is 0.412. The van der Waals surface area contributed by atoms with E-state index in [1.54, 1.807) is 12.1 Å². The average molecular weight is 300 g/mol. The second-order valence-corrected chi connectivity index (χ2v) is 5.73. The molecule has 116 valence electrons. The van der Waals surface area contributed by atoms with Crippen LogP contribution in [0.15, 0.2) is 36.5 Å². The van der Waals surface area contributed by atoms with Crippen molar-refractivity contribution in [2.24, 2.45) is 0 Å². The Labute approximate surface area is 130 Å². The number of halogens is 1. The first-order chi connectivity index (χ1) is 10.7. The molecular formula is C17H21FN4. The molecule has 1 heterocycles. The summed E-state index contributed by atoms with van der Waals surface area (Å²) in [6, 6.07) is 8.75. The van der Waals surface area contributed by atoms with Crippen LogP contribution in [0.3, 0.4) is 0 Å². The molecule has 0 aliphatic heterocycles. The molecule has 1 N–H and O–H groups in total. The molecule has 1 fully saturated rings. The summed E-state index contributed by atoms with van der Waals surface area (Å²) in [5.74, 6) is 2.22. The number of nitrogens with one attached hydrogen (secondary N) is 1. The summed E-state index contributed by atoms with van der Waals surface area (Å²) in [7, 11) is 1.91. The molecule has 1 aliphatic carbocycles. The lowest BCUT2D eigenvalue weighted by Gasteiger charge is -2.19. The van der Waals surface area contributed by atoms with Gasteiger partial charge in [-0.25, -0.2) is 14.4 Å². The summed E-state index contributed by atoms with van der Waals surface area (Å²) in [4.78, 5) is 10.8. The van der Waals surface area contributed by atoms with E-state index in [9.17, 15) is 4.39 Å². The van der Waals surface area contributed by atoms with Crippen LogP contribution < -0.4 is 10.2 Å². The predicted molar refractivity (Wildman–Crippen MR) is 86.8 cm³/mol. The van der Waals surface area contributed by atoms with Crippen LogP contribution in [0.4, 0.5) is 15.9 Å². The highest BCUT2D eigenvalue weighted by Crippen LogP contribution is 2.37. The monoisotopic (exact) mass is 300 g/mol. The first-order valence-electron chi connectivity index (χ1n) is 7.76. The number of benzene rings is 1. The van der Waals surface area contributed by atoms with Crippen molar-refractivity contribution in [3.63, 3.8) is 0 Å². The second-order valence-electron chi connectivity index (χ2n) is 5.73. The first-order valence-corrected chi connectivity index (χ1v) is 7.76. The molecule has 0 saturated heterocycles. The molecule has 3 rings (SSSR count). The van der Waals surface area contributed by atoms with Crippen molar-refractivity contribution >= 4 is 11.5 Å². The molecule has 0 radical (unpaired) electrons. The zero-order valence-corrected chi connectivity index (χ0v) is 12.8. The minimum absolute atomic E-state index is 0.178. The number of aromatic nitrogens is 2. The smallest absolute Gasteiger partial charge is 0.146 e. The van der Waals surface area contributed by atoms with Gasteiger partial charge >= 0.3 is 0 Å². The minimum atomic E-state index is -0.178. The SMILES string of the molecule is CN(CCCNc1ccnc(C2CC2)n1)c1ccccc1F. The van der Waals surface area contributed by atoms with E-state index in [0.29, 0.717) is 11.6 Å². The molecule has 1 saturated carbocycles. The van der Waals surface area contributed by atoms with E-state index in [4.69, 9.17) is 0 Å². The van der Waals surface area contributed by atoms with Gasteiger partial charge in [0.2, 0.25) is 0 Å². The zero-order chi connectivity index (χ0) is 15.4. The van der Waals surface area contributed by atoms with Gasteiger partial charge in [-0.1, -0.05) is 12.1 Å². The Morgan fingerprint density at radius 1 is 1.27 bits per heavy atom. The molecule has 0 bridgehead atoms. The van der Waals surface area contributed by atoms with Gasteiger partial charge in [-0.3, -0.25) is 0 Å². The summed E-state index contributed by atoms with van der Waals surface area (Å²) in [5, 5.41) is 3.32. The van der Waals surface area contributed by atoms with Crippen molar-refractivity contribution in [2.45, 2.75) is 25.2 Å². The number of nitrogens with zero attached hydrogens (tertiary/aromatic N) is 3. The van der Waals surface area contributed by atoms with Gasteiger partial charge in [0, 0.05) is 32.3 Å². The summed E-state index contributed by atoms with van der Waals surface area (Å²) < 4.78 is 13.7. The largest absolute Gasteiger partial charge is 0.372 e. The normalized spacial score (nSPS) is 13.9. The topological polar surface area (TPSA) is 41.0 Å². The van der Waals surface area contributed by atoms with Crippen LogP contribution in [0.5, 0.6) is 0 Å². The third-order valence-corrected chi connectivity index (χ3v) is 3.86. The second kappa shape index (κ2) is 6.73. The van der Waals surface area contributed by atoms with Crippen LogP contribution in [-0.4, -0.2) is 30.1 Å². The number of hydrogen-bond acceptors (Lipinski definition) is 4. The quantitative estimate of drug-likeness (QED) is 0.795. The third kappa shape index (κ3) is 3.72. The maximum atomic E-state index is 13.7. The van der Waals surface area contributed by atoms with Crippen molar-refractivity contribution in [3.05, 3.63) is 48.2 Å². The number of para-hydroxylation sites is 1. The molecule has 22 heavy (non-hydrogen) atoms. The van der Waals surface area contributed by atoms with E-state index in [-0.39, 0.29) is 5.82 Å². The Bertz CT molecular complexity index is 628. The zero-order valence-electron chi connectivity index (χ0n) is 12.8. The molecule has 1 aromatic heterocycles. The molecule has 1 aliphatic rings. The van der Waals surface area contributed by atoms with E-state index < -0.39 is 0 Å². The van der Waals surface area contributed by atoms with Crippen LogP contribution in [-0.2, 0) is 0 Å². The number of hydrogen-bond donors (Lipinski definition) is 1. The van der Waals surface area contributed by atoms with Crippen molar-refractivity contribution < 1.29 is 4.39 Å². The Morgan fingerprint density at radius 2 is 2.09 bits per heavy atom. The molecule has 4 nitrogen and oxygen atoms in total. The highest BCUT2D eigenvalue weighted by atomic mass is 19.1. The Balaban J connectivity index is 1.45. The first kappa shape index (κ1) is 14.8. The lowest BCUT2D eigenvalue weighted by Crippen LogP contribution is -2.22. The van der Waals surface area contributed by atoms with Crippen molar-refractivity contribution in [1.29, 1.82) is 0 Å².